The fourth-order valence-electron chi connectivity index (χ4n) is 2.28. The van der Waals surface area contributed by atoms with Crippen molar-refractivity contribution in [1.82, 2.24) is 9.97 Å². The molecule has 0 spiro atoms. The monoisotopic (exact) mass is 240 g/mol. The first-order valence-electron chi connectivity index (χ1n) is 6.22. The summed E-state index contributed by atoms with van der Waals surface area (Å²) in [6, 6.07) is 4.28. The molecule has 2 aromatic rings. The first-order chi connectivity index (χ1) is 8.65. The predicted molar refractivity (Wildman–Crippen MR) is 70.9 cm³/mol. The van der Waals surface area contributed by atoms with Crippen LogP contribution < -0.4 is 4.74 Å². The molecular weight excluding hydrogens is 224 g/mol. The van der Waals surface area contributed by atoms with Crippen molar-refractivity contribution in [3.8, 4) is 17.0 Å². The van der Waals surface area contributed by atoms with E-state index in [1.54, 1.807) is 0 Å². The number of benzene rings is 1. The minimum atomic E-state index is 0.689. The molecule has 0 saturated heterocycles. The van der Waals surface area contributed by atoms with Gasteiger partial charge in [0.1, 0.15) is 11.6 Å². The van der Waals surface area contributed by atoms with E-state index in [0.717, 1.165) is 29.3 Å². The Balaban J connectivity index is 2.29. The molecule has 18 heavy (non-hydrogen) atoms. The molecule has 0 atom stereocenters. The molecule has 2 heterocycles. The maximum Gasteiger partial charge on any atom is 0.128 e. The maximum absolute atomic E-state index is 5.84. The lowest BCUT2D eigenvalue weighted by molar-refractivity contribution is 0.326. The van der Waals surface area contributed by atoms with Gasteiger partial charge in [-0.2, -0.15) is 0 Å². The third-order valence-electron chi connectivity index (χ3n) is 3.46. The van der Waals surface area contributed by atoms with Crippen molar-refractivity contribution in [3.63, 3.8) is 0 Å². The van der Waals surface area contributed by atoms with E-state index in [1.165, 1.54) is 16.7 Å². The summed E-state index contributed by atoms with van der Waals surface area (Å²) in [7, 11) is 0. The molecule has 3 rings (SSSR count). The van der Waals surface area contributed by atoms with Gasteiger partial charge in [-0.15, -0.1) is 0 Å². The van der Waals surface area contributed by atoms with Crippen LogP contribution in [0.1, 0.15) is 22.5 Å². The van der Waals surface area contributed by atoms with E-state index in [4.69, 9.17) is 4.74 Å². The SMILES string of the molecule is Cc1ncc2c(n1)-c1cc(C)c(C)cc1OCC2. The third kappa shape index (κ3) is 1.76. The Morgan fingerprint density at radius 1 is 1.11 bits per heavy atom. The highest BCUT2D eigenvalue weighted by atomic mass is 16.5. The van der Waals surface area contributed by atoms with Gasteiger partial charge in [-0.25, -0.2) is 9.97 Å². The molecule has 3 heteroatoms. The van der Waals surface area contributed by atoms with Crippen molar-refractivity contribution in [2.24, 2.45) is 0 Å². The number of hydrogen-bond acceptors (Lipinski definition) is 3. The van der Waals surface area contributed by atoms with Gasteiger partial charge in [-0.05, 0) is 44.0 Å². The Morgan fingerprint density at radius 2 is 1.89 bits per heavy atom. The second-order valence-electron chi connectivity index (χ2n) is 4.82. The van der Waals surface area contributed by atoms with Crippen molar-refractivity contribution in [3.05, 3.63) is 40.8 Å². The van der Waals surface area contributed by atoms with Crippen LogP contribution in [0.4, 0.5) is 0 Å². The Hall–Kier alpha value is -1.90. The predicted octanol–water partition coefficient (Wildman–Crippen LogP) is 3.00. The second-order valence-corrected chi connectivity index (χ2v) is 4.82. The summed E-state index contributed by atoms with van der Waals surface area (Å²) < 4.78 is 5.84. The van der Waals surface area contributed by atoms with E-state index in [9.17, 15) is 0 Å². The Bertz CT molecular complexity index is 620. The van der Waals surface area contributed by atoms with E-state index in [0.29, 0.717) is 6.61 Å². The fraction of sp³-hybridized carbons (Fsp3) is 0.333. The van der Waals surface area contributed by atoms with Crippen molar-refractivity contribution in [2.45, 2.75) is 27.2 Å². The number of fused-ring (bicyclic) bond motifs is 3. The lowest BCUT2D eigenvalue weighted by Crippen LogP contribution is -2.00. The van der Waals surface area contributed by atoms with Crippen LogP contribution in [-0.2, 0) is 6.42 Å². The number of hydrogen-bond donors (Lipinski definition) is 0. The lowest BCUT2D eigenvalue weighted by atomic mass is 10.0. The molecule has 0 radical (unpaired) electrons. The van der Waals surface area contributed by atoms with E-state index in [1.807, 2.05) is 13.1 Å². The number of aryl methyl sites for hydroxylation is 3. The first kappa shape index (κ1) is 11.2. The van der Waals surface area contributed by atoms with Crippen molar-refractivity contribution in [2.75, 3.05) is 6.61 Å². The van der Waals surface area contributed by atoms with Gasteiger partial charge in [0.15, 0.2) is 0 Å². The van der Waals surface area contributed by atoms with Gasteiger partial charge < -0.3 is 4.74 Å². The van der Waals surface area contributed by atoms with Crippen LogP contribution in [0.25, 0.3) is 11.3 Å². The molecule has 0 N–H and O–H groups in total. The second kappa shape index (κ2) is 4.09. The highest BCUT2D eigenvalue weighted by Crippen LogP contribution is 2.35. The molecule has 3 nitrogen and oxygen atoms in total. The normalized spacial score (nSPS) is 13.3. The van der Waals surface area contributed by atoms with Crippen LogP contribution in [0.3, 0.4) is 0 Å². The molecule has 1 aromatic carbocycles. The number of ether oxygens (including phenoxy) is 1. The molecule has 1 aliphatic heterocycles. The largest absolute Gasteiger partial charge is 0.493 e. The average Bonchev–Trinajstić information content (AvgIpc) is 2.50. The van der Waals surface area contributed by atoms with Crippen LogP contribution in [0.15, 0.2) is 18.3 Å². The standard InChI is InChI=1S/C15H16N2O/c1-9-6-13-14(7-10(9)2)18-5-4-12-8-16-11(3)17-15(12)13/h6-8H,4-5H2,1-3H3. The summed E-state index contributed by atoms with van der Waals surface area (Å²) in [5, 5.41) is 0. The van der Waals surface area contributed by atoms with E-state index in [-0.39, 0.29) is 0 Å². The van der Waals surface area contributed by atoms with Gasteiger partial charge >= 0.3 is 0 Å². The van der Waals surface area contributed by atoms with Crippen molar-refractivity contribution < 1.29 is 4.74 Å². The van der Waals surface area contributed by atoms with Gasteiger partial charge in [0.25, 0.3) is 0 Å². The van der Waals surface area contributed by atoms with Gasteiger partial charge in [0.2, 0.25) is 0 Å². The van der Waals surface area contributed by atoms with Crippen LogP contribution in [0, 0.1) is 20.8 Å². The minimum Gasteiger partial charge on any atom is -0.493 e. The number of nitrogens with zero attached hydrogens (tertiary/aromatic N) is 2. The van der Waals surface area contributed by atoms with E-state index >= 15 is 0 Å². The zero-order valence-electron chi connectivity index (χ0n) is 10.9. The maximum atomic E-state index is 5.84. The molecule has 0 amide bonds. The topological polar surface area (TPSA) is 35.0 Å². The van der Waals surface area contributed by atoms with Gasteiger partial charge in [-0.3, -0.25) is 0 Å². The first-order valence-corrected chi connectivity index (χ1v) is 6.22. The van der Waals surface area contributed by atoms with E-state index < -0.39 is 0 Å². The Morgan fingerprint density at radius 3 is 2.72 bits per heavy atom. The summed E-state index contributed by atoms with van der Waals surface area (Å²) in [5.74, 6) is 1.75. The molecule has 0 fully saturated rings. The third-order valence-corrected chi connectivity index (χ3v) is 3.46. The zero-order chi connectivity index (χ0) is 12.7. The minimum absolute atomic E-state index is 0.689. The Labute approximate surface area is 107 Å². The molecule has 92 valence electrons. The summed E-state index contributed by atoms with van der Waals surface area (Å²) in [4.78, 5) is 8.88. The molecule has 0 bridgehead atoms. The van der Waals surface area contributed by atoms with Crippen molar-refractivity contribution in [1.29, 1.82) is 0 Å². The highest BCUT2D eigenvalue weighted by Gasteiger charge is 2.18. The molecular formula is C15H16N2O. The average molecular weight is 240 g/mol. The highest BCUT2D eigenvalue weighted by molar-refractivity contribution is 5.72. The summed E-state index contributed by atoms with van der Waals surface area (Å²) in [5.41, 5.74) is 5.81. The number of aromatic nitrogens is 2. The molecule has 1 aromatic heterocycles. The van der Waals surface area contributed by atoms with Gasteiger partial charge in [0, 0.05) is 23.7 Å². The molecule has 0 saturated carbocycles. The molecule has 0 aliphatic carbocycles. The van der Waals surface area contributed by atoms with Gasteiger partial charge in [-0.1, -0.05) is 0 Å². The quantitative estimate of drug-likeness (QED) is 0.710. The molecule has 1 aliphatic rings. The number of rotatable bonds is 0. The zero-order valence-corrected chi connectivity index (χ0v) is 10.9. The Kier molecular flexibility index (Phi) is 2.54. The summed E-state index contributed by atoms with van der Waals surface area (Å²) >= 11 is 0. The fourth-order valence-corrected chi connectivity index (χ4v) is 2.28. The van der Waals surface area contributed by atoms with Crippen LogP contribution in [0.2, 0.25) is 0 Å². The summed E-state index contributed by atoms with van der Waals surface area (Å²) in [6.07, 6.45) is 2.79. The van der Waals surface area contributed by atoms with Crippen LogP contribution >= 0.6 is 0 Å². The smallest absolute Gasteiger partial charge is 0.128 e. The van der Waals surface area contributed by atoms with Crippen LogP contribution in [-0.4, -0.2) is 16.6 Å². The lowest BCUT2D eigenvalue weighted by Gasteiger charge is -2.11. The van der Waals surface area contributed by atoms with E-state index in [2.05, 4.69) is 35.9 Å². The van der Waals surface area contributed by atoms with Crippen LogP contribution in [0.5, 0.6) is 5.75 Å². The van der Waals surface area contributed by atoms with Crippen molar-refractivity contribution >= 4 is 0 Å². The summed E-state index contributed by atoms with van der Waals surface area (Å²) in [6.45, 7) is 6.84. The van der Waals surface area contributed by atoms with Gasteiger partial charge in [0.05, 0.1) is 12.3 Å². The molecule has 0 unspecified atom stereocenters.